The summed E-state index contributed by atoms with van der Waals surface area (Å²) < 4.78 is 0. The van der Waals surface area contributed by atoms with E-state index in [1.165, 1.54) is 18.3 Å². The second-order valence-electron chi connectivity index (χ2n) is 3.54. The van der Waals surface area contributed by atoms with Crippen LogP contribution in [0.25, 0.3) is 0 Å². The number of carboxylic acid groups (broad SMARTS) is 1. The van der Waals surface area contributed by atoms with Crippen LogP contribution in [-0.4, -0.2) is 32.2 Å². The molecule has 0 saturated carbocycles. The molecule has 0 bridgehead atoms. The van der Waals surface area contributed by atoms with Crippen LogP contribution in [0, 0.1) is 0 Å². The SMILES string of the molecule is O=C(Cc1ccn[nH]1)Nc1cc(C(=O)O)ccn1. The number of amides is 1. The minimum Gasteiger partial charge on any atom is -0.478 e. The Hall–Kier alpha value is -2.70. The molecule has 92 valence electrons. The van der Waals surface area contributed by atoms with E-state index in [4.69, 9.17) is 5.11 Å². The van der Waals surface area contributed by atoms with Gasteiger partial charge in [-0.25, -0.2) is 9.78 Å². The average Bonchev–Trinajstić information content (AvgIpc) is 2.82. The highest BCUT2D eigenvalue weighted by Crippen LogP contribution is 2.07. The molecule has 0 atom stereocenters. The minimum atomic E-state index is -1.07. The van der Waals surface area contributed by atoms with Crippen LogP contribution < -0.4 is 5.32 Å². The maximum Gasteiger partial charge on any atom is 0.335 e. The highest BCUT2D eigenvalue weighted by atomic mass is 16.4. The van der Waals surface area contributed by atoms with Crippen molar-refractivity contribution in [3.8, 4) is 0 Å². The number of hydrogen-bond donors (Lipinski definition) is 3. The molecule has 2 heterocycles. The second kappa shape index (κ2) is 5.09. The van der Waals surface area contributed by atoms with E-state index >= 15 is 0 Å². The van der Waals surface area contributed by atoms with Gasteiger partial charge in [0.15, 0.2) is 0 Å². The van der Waals surface area contributed by atoms with Gasteiger partial charge in [-0.2, -0.15) is 5.10 Å². The van der Waals surface area contributed by atoms with Crippen molar-refractivity contribution in [3.63, 3.8) is 0 Å². The van der Waals surface area contributed by atoms with Crippen molar-refractivity contribution in [1.82, 2.24) is 15.2 Å². The second-order valence-corrected chi connectivity index (χ2v) is 3.54. The maximum atomic E-state index is 11.6. The predicted octanol–water partition coefficient (Wildman–Crippen LogP) is 0.684. The Bertz CT molecular complexity index is 565. The third kappa shape index (κ3) is 2.91. The van der Waals surface area contributed by atoms with Gasteiger partial charge in [0.25, 0.3) is 0 Å². The number of carbonyl (C=O) groups is 2. The number of nitrogens with zero attached hydrogens (tertiary/aromatic N) is 2. The van der Waals surface area contributed by atoms with Crippen LogP contribution in [0.4, 0.5) is 5.82 Å². The number of anilines is 1. The van der Waals surface area contributed by atoms with Crippen LogP contribution in [0.2, 0.25) is 0 Å². The maximum absolute atomic E-state index is 11.6. The Morgan fingerprint density at radius 3 is 2.83 bits per heavy atom. The summed E-state index contributed by atoms with van der Waals surface area (Å²) in [6, 6.07) is 4.33. The molecule has 0 spiro atoms. The van der Waals surface area contributed by atoms with Gasteiger partial charge in [-0.1, -0.05) is 0 Å². The van der Waals surface area contributed by atoms with Crippen molar-refractivity contribution < 1.29 is 14.7 Å². The molecule has 1 amide bonds. The fraction of sp³-hybridized carbons (Fsp3) is 0.0909. The molecule has 2 aromatic rings. The van der Waals surface area contributed by atoms with Gasteiger partial charge in [0.2, 0.25) is 5.91 Å². The molecule has 0 radical (unpaired) electrons. The van der Waals surface area contributed by atoms with Gasteiger partial charge in [-0.05, 0) is 18.2 Å². The first kappa shape index (κ1) is 11.8. The fourth-order valence-electron chi connectivity index (χ4n) is 1.38. The number of hydrogen-bond acceptors (Lipinski definition) is 4. The van der Waals surface area contributed by atoms with Gasteiger partial charge in [0.1, 0.15) is 5.82 Å². The molecule has 2 aromatic heterocycles. The van der Waals surface area contributed by atoms with E-state index in [9.17, 15) is 9.59 Å². The molecule has 0 aliphatic heterocycles. The third-order valence-corrected chi connectivity index (χ3v) is 2.18. The van der Waals surface area contributed by atoms with Gasteiger partial charge in [-0.15, -0.1) is 0 Å². The van der Waals surface area contributed by atoms with E-state index in [1.807, 2.05) is 0 Å². The topological polar surface area (TPSA) is 108 Å². The summed E-state index contributed by atoms with van der Waals surface area (Å²) in [5.74, 6) is -1.16. The van der Waals surface area contributed by atoms with Crippen LogP contribution in [0.5, 0.6) is 0 Å². The predicted molar refractivity (Wildman–Crippen MR) is 62.1 cm³/mol. The first-order chi connectivity index (χ1) is 8.65. The van der Waals surface area contributed by atoms with Crippen LogP contribution in [0.3, 0.4) is 0 Å². The van der Waals surface area contributed by atoms with Crippen molar-refractivity contribution in [1.29, 1.82) is 0 Å². The zero-order chi connectivity index (χ0) is 13.0. The first-order valence-corrected chi connectivity index (χ1v) is 5.12. The lowest BCUT2D eigenvalue weighted by Gasteiger charge is -2.03. The molecule has 3 N–H and O–H groups in total. The summed E-state index contributed by atoms with van der Waals surface area (Å²) in [6.07, 6.45) is 3.00. The highest BCUT2D eigenvalue weighted by molar-refractivity contribution is 5.93. The van der Waals surface area contributed by atoms with E-state index < -0.39 is 5.97 Å². The normalized spacial score (nSPS) is 10.0. The van der Waals surface area contributed by atoms with Gasteiger partial charge in [0.05, 0.1) is 12.0 Å². The van der Waals surface area contributed by atoms with Gasteiger partial charge in [0, 0.05) is 18.1 Å². The van der Waals surface area contributed by atoms with Crippen molar-refractivity contribution >= 4 is 17.7 Å². The van der Waals surface area contributed by atoms with Crippen molar-refractivity contribution in [2.24, 2.45) is 0 Å². The smallest absolute Gasteiger partial charge is 0.335 e. The van der Waals surface area contributed by atoms with E-state index in [1.54, 1.807) is 12.3 Å². The molecule has 0 saturated heterocycles. The van der Waals surface area contributed by atoms with Gasteiger partial charge >= 0.3 is 5.97 Å². The summed E-state index contributed by atoms with van der Waals surface area (Å²) in [4.78, 5) is 26.2. The molecule has 7 heteroatoms. The molecule has 0 unspecified atom stereocenters. The zero-order valence-corrected chi connectivity index (χ0v) is 9.25. The number of carbonyl (C=O) groups excluding carboxylic acids is 1. The van der Waals surface area contributed by atoms with Gasteiger partial charge < -0.3 is 10.4 Å². The quantitative estimate of drug-likeness (QED) is 0.735. The van der Waals surface area contributed by atoms with E-state index in [0.717, 1.165) is 0 Å². The highest BCUT2D eigenvalue weighted by Gasteiger charge is 2.08. The lowest BCUT2D eigenvalue weighted by molar-refractivity contribution is -0.115. The number of carboxylic acids is 1. The van der Waals surface area contributed by atoms with E-state index in [-0.39, 0.29) is 23.7 Å². The lowest BCUT2D eigenvalue weighted by atomic mass is 10.2. The fourth-order valence-corrected chi connectivity index (χ4v) is 1.38. The monoisotopic (exact) mass is 246 g/mol. The molecular weight excluding hydrogens is 236 g/mol. The van der Waals surface area contributed by atoms with Crippen molar-refractivity contribution in [3.05, 3.63) is 41.9 Å². The molecular formula is C11H10N4O3. The average molecular weight is 246 g/mol. The summed E-state index contributed by atoms with van der Waals surface area (Å²) >= 11 is 0. The van der Waals surface area contributed by atoms with E-state index in [2.05, 4.69) is 20.5 Å². The standard InChI is InChI=1S/C11H10N4O3/c16-10(6-8-2-4-13-15-8)14-9-5-7(11(17)18)1-3-12-9/h1-5H,6H2,(H,13,15)(H,17,18)(H,12,14,16). The molecule has 2 rings (SSSR count). The number of aromatic carboxylic acids is 1. The summed E-state index contributed by atoms with van der Waals surface area (Å²) in [6.45, 7) is 0. The van der Waals surface area contributed by atoms with Crippen LogP contribution >= 0.6 is 0 Å². The number of aromatic nitrogens is 3. The number of aromatic amines is 1. The Labute approximate surface area is 102 Å². The van der Waals surface area contributed by atoms with Crippen molar-refractivity contribution in [2.75, 3.05) is 5.32 Å². The van der Waals surface area contributed by atoms with Crippen LogP contribution in [-0.2, 0) is 11.2 Å². The molecule has 7 nitrogen and oxygen atoms in total. The third-order valence-electron chi connectivity index (χ3n) is 2.18. The Morgan fingerprint density at radius 2 is 2.17 bits per heavy atom. The Kier molecular flexibility index (Phi) is 3.33. The summed E-state index contributed by atoms with van der Waals surface area (Å²) in [7, 11) is 0. The summed E-state index contributed by atoms with van der Waals surface area (Å²) in [5.41, 5.74) is 0.740. The van der Waals surface area contributed by atoms with E-state index in [0.29, 0.717) is 5.69 Å². The molecule has 0 aliphatic carbocycles. The summed E-state index contributed by atoms with van der Waals surface area (Å²) in [5, 5.41) is 17.7. The molecule has 0 aromatic carbocycles. The van der Waals surface area contributed by atoms with Gasteiger partial charge in [-0.3, -0.25) is 9.89 Å². The number of pyridine rings is 1. The first-order valence-electron chi connectivity index (χ1n) is 5.12. The van der Waals surface area contributed by atoms with Crippen LogP contribution in [0.1, 0.15) is 16.1 Å². The molecule has 18 heavy (non-hydrogen) atoms. The van der Waals surface area contributed by atoms with Crippen molar-refractivity contribution in [2.45, 2.75) is 6.42 Å². The molecule has 0 aliphatic rings. The number of rotatable bonds is 4. The number of nitrogens with one attached hydrogen (secondary N) is 2. The number of H-pyrrole nitrogens is 1. The minimum absolute atomic E-state index is 0.0711. The Morgan fingerprint density at radius 1 is 1.33 bits per heavy atom. The lowest BCUT2D eigenvalue weighted by Crippen LogP contribution is -2.16. The Balaban J connectivity index is 2.03. The van der Waals surface area contributed by atoms with Crippen LogP contribution in [0.15, 0.2) is 30.6 Å². The zero-order valence-electron chi connectivity index (χ0n) is 9.25. The molecule has 0 fully saturated rings. The largest absolute Gasteiger partial charge is 0.478 e.